The Labute approximate surface area is 141 Å². The van der Waals surface area contributed by atoms with Crippen LogP contribution < -0.4 is 10.7 Å². The van der Waals surface area contributed by atoms with Crippen molar-refractivity contribution in [2.75, 3.05) is 13.2 Å². The van der Waals surface area contributed by atoms with E-state index in [2.05, 4.69) is 15.5 Å². The summed E-state index contributed by atoms with van der Waals surface area (Å²) < 4.78 is 4.69. The third kappa shape index (κ3) is 4.46. The summed E-state index contributed by atoms with van der Waals surface area (Å²) in [5.41, 5.74) is 2.24. The molecule has 1 aliphatic carbocycles. The number of ether oxygens (including phenoxy) is 1. The maximum atomic E-state index is 12.4. The Morgan fingerprint density at radius 1 is 1.17 bits per heavy atom. The van der Waals surface area contributed by atoms with Gasteiger partial charge in [0.15, 0.2) is 0 Å². The van der Waals surface area contributed by atoms with Crippen LogP contribution in [0.4, 0.5) is 4.79 Å². The number of hydrazine groups is 1. The number of nitrogens with one attached hydrogen (secondary N) is 2. The molecule has 1 atom stereocenters. The fraction of sp³-hybridized carbons (Fsp3) is 0.750. The molecule has 2 N–H and O–H groups in total. The summed E-state index contributed by atoms with van der Waals surface area (Å²) in [5.74, 6) is -2.17. The molecule has 0 bridgehead atoms. The van der Waals surface area contributed by atoms with Crippen LogP contribution in [-0.4, -0.2) is 47.9 Å². The standard InChI is InChI=1S/C16H25N3O5/c1-10(2)12(17-14(21)11-6-4-3-5-7-11)13(20)15(22)18-19-8-9-24-16(19)23/h10-12H,3-9H2,1-2H3,(H,17,21)(H,18,22). The predicted molar refractivity (Wildman–Crippen MR) is 84.5 cm³/mol. The predicted octanol–water partition coefficient (Wildman–Crippen LogP) is 0.760. The maximum Gasteiger partial charge on any atom is 0.428 e. The van der Waals surface area contributed by atoms with Crippen molar-refractivity contribution in [1.82, 2.24) is 15.8 Å². The van der Waals surface area contributed by atoms with Gasteiger partial charge in [0.05, 0.1) is 12.6 Å². The first kappa shape index (κ1) is 18.2. The van der Waals surface area contributed by atoms with Gasteiger partial charge in [-0.25, -0.2) is 9.80 Å². The minimum atomic E-state index is -0.920. The lowest BCUT2D eigenvalue weighted by molar-refractivity contribution is -0.143. The smallest absolute Gasteiger partial charge is 0.428 e. The van der Waals surface area contributed by atoms with Crippen molar-refractivity contribution in [1.29, 1.82) is 0 Å². The highest BCUT2D eigenvalue weighted by molar-refractivity contribution is 6.38. The van der Waals surface area contributed by atoms with E-state index in [0.29, 0.717) is 0 Å². The van der Waals surface area contributed by atoms with E-state index in [1.54, 1.807) is 13.8 Å². The van der Waals surface area contributed by atoms with Crippen LogP contribution in [0.1, 0.15) is 46.0 Å². The molecule has 2 fully saturated rings. The number of hydrogen-bond donors (Lipinski definition) is 2. The molecule has 0 aromatic heterocycles. The number of amides is 3. The normalized spacial score (nSPS) is 19.8. The molecule has 0 radical (unpaired) electrons. The van der Waals surface area contributed by atoms with Crippen molar-refractivity contribution in [3.05, 3.63) is 0 Å². The van der Waals surface area contributed by atoms with Gasteiger partial charge in [0.1, 0.15) is 6.61 Å². The number of hydrogen-bond acceptors (Lipinski definition) is 5. The molecule has 1 heterocycles. The van der Waals surface area contributed by atoms with Crippen LogP contribution in [0.5, 0.6) is 0 Å². The monoisotopic (exact) mass is 339 g/mol. The number of rotatable bonds is 6. The zero-order valence-electron chi connectivity index (χ0n) is 14.2. The summed E-state index contributed by atoms with van der Waals surface area (Å²) in [6, 6.07) is -0.905. The van der Waals surface area contributed by atoms with Crippen molar-refractivity contribution in [2.45, 2.75) is 52.0 Å². The number of ketones is 1. The second-order valence-electron chi connectivity index (χ2n) is 6.64. The van der Waals surface area contributed by atoms with Gasteiger partial charge >= 0.3 is 12.0 Å². The van der Waals surface area contributed by atoms with E-state index >= 15 is 0 Å². The van der Waals surface area contributed by atoms with Gasteiger partial charge in [-0.05, 0) is 18.8 Å². The van der Waals surface area contributed by atoms with E-state index in [1.165, 1.54) is 0 Å². The highest BCUT2D eigenvalue weighted by Crippen LogP contribution is 2.24. The summed E-state index contributed by atoms with van der Waals surface area (Å²) in [6.45, 7) is 3.89. The van der Waals surface area contributed by atoms with E-state index in [4.69, 9.17) is 0 Å². The Bertz CT molecular complexity index is 514. The van der Waals surface area contributed by atoms with Crippen LogP contribution in [-0.2, 0) is 19.1 Å². The van der Waals surface area contributed by atoms with Crippen molar-refractivity contribution in [3.63, 3.8) is 0 Å². The van der Waals surface area contributed by atoms with Gasteiger partial charge in [0, 0.05) is 5.92 Å². The highest BCUT2D eigenvalue weighted by atomic mass is 16.6. The Morgan fingerprint density at radius 3 is 2.38 bits per heavy atom. The first-order chi connectivity index (χ1) is 11.4. The van der Waals surface area contributed by atoms with Crippen LogP contribution in [0.3, 0.4) is 0 Å². The summed E-state index contributed by atoms with van der Waals surface area (Å²) in [5, 5.41) is 3.68. The van der Waals surface area contributed by atoms with Crippen LogP contribution in [0.2, 0.25) is 0 Å². The van der Waals surface area contributed by atoms with Gasteiger partial charge in [-0.1, -0.05) is 33.1 Å². The van der Waals surface area contributed by atoms with Gasteiger partial charge < -0.3 is 10.1 Å². The van der Waals surface area contributed by atoms with E-state index in [-0.39, 0.29) is 30.9 Å². The van der Waals surface area contributed by atoms with E-state index < -0.39 is 23.8 Å². The molecule has 0 aromatic carbocycles. The molecular formula is C16H25N3O5. The third-order valence-corrected chi connectivity index (χ3v) is 4.44. The molecule has 0 aromatic rings. The Morgan fingerprint density at radius 2 is 1.83 bits per heavy atom. The van der Waals surface area contributed by atoms with Crippen molar-refractivity contribution in [3.8, 4) is 0 Å². The zero-order valence-corrected chi connectivity index (χ0v) is 14.2. The van der Waals surface area contributed by atoms with E-state index in [0.717, 1.165) is 37.1 Å². The van der Waals surface area contributed by atoms with Crippen LogP contribution in [0.15, 0.2) is 0 Å². The molecule has 8 heteroatoms. The molecule has 1 aliphatic heterocycles. The Kier molecular flexibility index (Phi) is 6.16. The van der Waals surface area contributed by atoms with Gasteiger partial charge in [-0.3, -0.25) is 19.8 Å². The lowest BCUT2D eigenvalue weighted by Gasteiger charge is -2.26. The van der Waals surface area contributed by atoms with Crippen molar-refractivity contribution >= 4 is 23.7 Å². The fourth-order valence-electron chi connectivity index (χ4n) is 2.98. The number of Topliss-reactive ketones (excluding diaryl/α,β-unsaturated/α-hetero) is 1. The summed E-state index contributed by atoms with van der Waals surface area (Å²) >= 11 is 0. The summed E-state index contributed by atoms with van der Waals surface area (Å²) in [6.07, 6.45) is 4.09. The second-order valence-corrected chi connectivity index (χ2v) is 6.64. The Hall–Kier alpha value is -2.12. The van der Waals surface area contributed by atoms with Crippen LogP contribution in [0.25, 0.3) is 0 Å². The first-order valence-electron chi connectivity index (χ1n) is 8.49. The second kappa shape index (κ2) is 8.12. The average molecular weight is 339 g/mol. The first-order valence-corrected chi connectivity index (χ1v) is 8.49. The van der Waals surface area contributed by atoms with Crippen molar-refractivity contribution in [2.24, 2.45) is 11.8 Å². The SMILES string of the molecule is CC(C)C(NC(=O)C1CCCCC1)C(=O)C(=O)NN1CCOC1=O. The average Bonchev–Trinajstić information content (AvgIpc) is 2.97. The molecule has 0 spiro atoms. The zero-order chi connectivity index (χ0) is 17.7. The Balaban J connectivity index is 1.95. The minimum absolute atomic E-state index is 0.0931. The molecule has 3 amide bonds. The van der Waals surface area contributed by atoms with E-state index in [9.17, 15) is 19.2 Å². The molecule has 1 saturated carbocycles. The van der Waals surface area contributed by atoms with Gasteiger partial charge in [-0.15, -0.1) is 0 Å². The van der Waals surface area contributed by atoms with Crippen LogP contribution >= 0.6 is 0 Å². The highest BCUT2D eigenvalue weighted by Gasteiger charge is 2.34. The fourth-order valence-corrected chi connectivity index (χ4v) is 2.98. The third-order valence-electron chi connectivity index (χ3n) is 4.44. The minimum Gasteiger partial charge on any atom is -0.446 e. The van der Waals surface area contributed by atoms with Gasteiger partial charge in [0.25, 0.3) is 0 Å². The maximum absolute atomic E-state index is 12.4. The van der Waals surface area contributed by atoms with Crippen LogP contribution in [0, 0.1) is 11.8 Å². The molecule has 8 nitrogen and oxygen atoms in total. The topological polar surface area (TPSA) is 105 Å². The number of cyclic esters (lactones) is 1. The van der Waals surface area contributed by atoms with Gasteiger partial charge in [-0.2, -0.15) is 0 Å². The van der Waals surface area contributed by atoms with Crippen molar-refractivity contribution < 1.29 is 23.9 Å². The summed E-state index contributed by atoms with van der Waals surface area (Å²) in [4.78, 5) is 48.2. The lowest BCUT2D eigenvalue weighted by Crippen LogP contribution is -2.54. The molecule has 1 unspecified atom stereocenters. The molecular weight excluding hydrogens is 314 g/mol. The van der Waals surface area contributed by atoms with E-state index in [1.807, 2.05) is 0 Å². The molecule has 134 valence electrons. The van der Waals surface area contributed by atoms with Gasteiger partial charge in [0.2, 0.25) is 11.7 Å². The number of carbonyl (C=O) groups excluding carboxylic acids is 4. The largest absolute Gasteiger partial charge is 0.446 e. The molecule has 24 heavy (non-hydrogen) atoms. The quantitative estimate of drug-likeness (QED) is 0.695. The number of nitrogens with zero attached hydrogens (tertiary/aromatic N) is 1. The summed E-state index contributed by atoms with van der Waals surface area (Å²) in [7, 11) is 0. The number of carbonyl (C=O) groups is 4. The molecule has 2 rings (SSSR count). The molecule has 2 aliphatic rings. The molecule has 1 saturated heterocycles. The lowest BCUT2D eigenvalue weighted by atomic mass is 9.88.